The molecule has 116 valence electrons. The van der Waals surface area contributed by atoms with Crippen molar-refractivity contribution in [1.82, 2.24) is 15.0 Å². The van der Waals surface area contributed by atoms with Crippen LogP contribution in [-0.4, -0.2) is 21.2 Å². The number of hydrogen-bond donors (Lipinski definition) is 1. The molecule has 0 aliphatic carbocycles. The molecule has 8 heteroatoms. The molecular weight excluding hydrogens is 330 g/mol. The minimum atomic E-state index is 0.0114. The van der Waals surface area contributed by atoms with E-state index in [1.165, 1.54) is 29.8 Å². The van der Waals surface area contributed by atoms with Gasteiger partial charge in [-0.1, -0.05) is 11.8 Å². The first-order valence-corrected chi connectivity index (χ1v) is 8.83. The average molecular weight is 343 g/mol. The molecule has 3 heterocycles. The summed E-state index contributed by atoms with van der Waals surface area (Å²) in [5.74, 6) is 0.448. The fourth-order valence-electron chi connectivity index (χ4n) is 2.05. The first-order chi connectivity index (χ1) is 11.1. The number of anilines is 1. The Hall–Kier alpha value is -2.24. The van der Waals surface area contributed by atoms with Gasteiger partial charge in [0.1, 0.15) is 23.2 Å². The summed E-state index contributed by atoms with van der Waals surface area (Å²) in [6.45, 7) is 2.01. The normalized spacial score (nSPS) is 12.2. The van der Waals surface area contributed by atoms with Crippen molar-refractivity contribution in [2.24, 2.45) is 0 Å². The summed E-state index contributed by atoms with van der Waals surface area (Å²) in [5.41, 5.74) is 7.75. The van der Waals surface area contributed by atoms with Gasteiger partial charge >= 0.3 is 0 Å². The predicted molar refractivity (Wildman–Crippen MR) is 91.2 cm³/mol. The van der Waals surface area contributed by atoms with Crippen LogP contribution in [0.1, 0.15) is 23.4 Å². The summed E-state index contributed by atoms with van der Waals surface area (Å²) in [5, 5.41) is 11.3. The molecule has 6 nitrogen and oxygen atoms in total. The van der Waals surface area contributed by atoms with Crippen molar-refractivity contribution < 1.29 is 4.42 Å². The topological polar surface area (TPSA) is 102 Å². The number of nitrogens with two attached hydrogens (primary N) is 1. The summed E-state index contributed by atoms with van der Waals surface area (Å²) >= 11 is 2.99. The van der Waals surface area contributed by atoms with Gasteiger partial charge in [0.15, 0.2) is 10.7 Å². The van der Waals surface area contributed by atoms with E-state index >= 15 is 0 Å². The standard InChI is InChI=1S/C15H13N5OS2/c1-8(23-15-19-13(17)4-14(20-15)22-2)11-3-10-9(5-16)7-21-12(10)6-18-11/h3-4,6-8H,1-2H3,(H2,17,19,20). The van der Waals surface area contributed by atoms with Crippen LogP contribution in [0.5, 0.6) is 0 Å². The van der Waals surface area contributed by atoms with Crippen molar-refractivity contribution >= 4 is 40.3 Å². The average Bonchev–Trinajstić information content (AvgIpc) is 2.96. The smallest absolute Gasteiger partial charge is 0.191 e. The highest BCUT2D eigenvalue weighted by Crippen LogP contribution is 2.34. The SMILES string of the molecule is CSc1cc(N)nc(SC(C)c2cc3c(C#N)coc3cn2)n1. The molecular formula is C15H13N5OS2. The van der Waals surface area contributed by atoms with Gasteiger partial charge in [-0.25, -0.2) is 9.97 Å². The number of rotatable bonds is 4. The van der Waals surface area contributed by atoms with Gasteiger partial charge in [0.25, 0.3) is 0 Å². The number of nitrogens with zero attached hydrogens (tertiary/aromatic N) is 4. The number of nitriles is 1. The minimum absolute atomic E-state index is 0.0114. The lowest BCUT2D eigenvalue weighted by Gasteiger charge is -2.10. The van der Waals surface area contributed by atoms with Crippen molar-refractivity contribution in [1.29, 1.82) is 5.26 Å². The van der Waals surface area contributed by atoms with E-state index in [4.69, 9.17) is 15.4 Å². The number of furan rings is 1. The number of fused-ring (bicyclic) bond motifs is 1. The number of nitrogen functional groups attached to an aromatic ring is 1. The molecule has 23 heavy (non-hydrogen) atoms. The summed E-state index contributed by atoms with van der Waals surface area (Å²) in [7, 11) is 0. The van der Waals surface area contributed by atoms with Gasteiger partial charge in [0.2, 0.25) is 0 Å². The second-order valence-corrected chi connectivity index (χ2v) is 6.88. The van der Waals surface area contributed by atoms with E-state index in [2.05, 4.69) is 21.0 Å². The van der Waals surface area contributed by atoms with E-state index < -0.39 is 0 Å². The van der Waals surface area contributed by atoms with E-state index in [1.807, 2.05) is 19.2 Å². The third kappa shape index (κ3) is 3.25. The Balaban J connectivity index is 1.90. The fraction of sp³-hybridized carbons (Fsp3) is 0.200. The maximum Gasteiger partial charge on any atom is 0.191 e. The van der Waals surface area contributed by atoms with Gasteiger partial charge < -0.3 is 10.2 Å². The zero-order chi connectivity index (χ0) is 16.4. The van der Waals surface area contributed by atoms with Crippen molar-refractivity contribution in [3.63, 3.8) is 0 Å². The lowest BCUT2D eigenvalue weighted by atomic mass is 10.2. The van der Waals surface area contributed by atoms with E-state index in [0.29, 0.717) is 22.1 Å². The van der Waals surface area contributed by atoms with Crippen LogP contribution < -0.4 is 5.73 Å². The molecule has 0 aliphatic heterocycles. The lowest BCUT2D eigenvalue weighted by molar-refractivity contribution is 0.612. The first kappa shape index (κ1) is 15.6. The number of thioether (sulfide) groups is 2. The highest BCUT2D eigenvalue weighted by molar-refractivity contribution is 7.99. The van der Waals surface area contributed by atoms with Gasteiger partial charge in [-0.3, -0.25) is 4.98 Å². The molecule has 1 unspecified atom stereocenters. The molecule has 1 atom stereocenters. The molecule has 3 aromatic heterocycles. The van der Waals surface area contributed by atoms with E-state index in [9.17, 15) is 0 Å². The Morgan fingerprint density at radius 3 is 2.91 bits per heavy atom. The molecule has 2 N–H and O–H groups in total. The molecule has 0 radical (unpaired) electrons. The van der Waals surface area contributed by atoms with Crippen LogP contribution >= 0.6 is 23.5 Å². The molecule has 0 amide bonds. The Morgan fingerprint density at radius 1 is 1.35 bits per heavy atom. The number of aromatic nitrogens is 3. The molecule has 3 rings (SSSR count). The Kier molecular flexibility index (Phi) is 4.41. The Bertz CT molecular complexity index is 903. The summed E-state index contributed by atoms with van der Waals surface area (Å²) < 4.78 is 5.30. The van der Waals surface area contributed by atoms with E-state index in [-0.39, 0.29) is 5.25 Å². The Morgan fingerprint density at radius 2 is 2.17 bits per heavy atom. The van der Waals surface area contributed by atoms with Crippen molar-refractivity contribution in [3.8, 4) is 6.07 Å². The van der Waals surface area contributed by atoms with Crippen molar-refractivity contribution in [3.05, 3.63) is 35.9 Å². The maximum absolute atomic E-state index is 9.11. The monoisotopic (exact) mass is 343 g/mol. The van der Waals surface area contributed by atoms with Crippen LogP contribution in [0.25, 0.3) is 11.0 Å². The highest BCUT2D eigenvalue weighted by Gasteiger charge is 2.15. The first-order valence-electron chi connectivity index (χ1n) is 6.73. The van der Waals surface area contributed by atoms with Crippen LogP contribution in [0.4, 0.5) is 5.82 Å². The van der Waals surface area contributed by atoms with E-state index in [0.717, 1.165) is 16.1 Å². The minimum Gasteiger partial charge on any atom is -0.461 e. The van der Waals surface area contributed by atoms with Crippen LogP contribution in [-0.2, 0) is 0 Å². The molecule has 0 saturated carbocycles. The largest absolute Gasteiger partial charge is 0.461 e. The van der Waals surface area contributed by atoms with Crippen LogP contribution in [0.2, 0.25) is 0 Å². The van der Waals surface area contributed by atoms with Crippen LogP contribution in [0.15, 0.2) is 39.2 Å². The van der Waals surface area contributed by atoms with Crippen molar-refractivity contribution in [2.75, 3.05) is 12.0 Å². The van der Waals surface area contributed by atoms with Gasteiger partial charge in [-0.15, -0.1) is 11.8 Å². The van der Waals surface area contributed by atoms with Crippen LogP contribution in [0, 0.1) is 11.3 Å². The number of pyridine rings is 1. The zero-order valence-corrected chi connectivity index (χ0v) is 14.1. The third-order valence-electron chi connectivity index (χ3n) is 3.21. The van der Waals surface area contributed by atoms with E-state index in [1.54, 1.807) is 12.3 Å². The van der Waals surface area contributed by atoms with Gasteiger partial charge in [-0.05, 0) is 19.2 Å². The van der Waals surface area contributed by atoms with Gasteiger partial charge in [-0.2, -0.15) is 5.26 Å². The second-order valence-electron chi connectivity index (χ2n) is 4.74. The number of hydrogen-bond acceptors (Lipinski definition) is 8. The quantitative estimate of drug-likeness (QED) is 0.435. The van der Waals surface area contributed by atoms with Crippen LogP contribution in [0.3, 0.4) is 0 Å². The second kappa shape index (κ2) is 6.48. The van der Waals surface area contributed by atoms with Gasteiger partial charge in [0, 0.05) is 11.5 Å². The fourth-order valence-corrected chi connectivity index (χ4v) is 3.40. The lowest BCUT2D eigenvalue weighted by Crippen LogP contribution is -1.99. The molecule has 0 bridgehead atoms. The summed E-state index contributed by atoms with van der Waals surface area (Å²) in [4.78, 5) is 13.1. The van der Waals surface area contributed by atoms with Gasteiger partial charge in [0.05, 0.1) is 22.7 Å². The summed E-state index contributed by atoms with van der Waals surface area (Å²) in [6.07, 6.45) is 5.02. The predicted octanol–water partition coefficient (Wildman–Crippen LogP) is 3.65. The summed E-state index contributed by atoms with van der Waals surface area (Å²) in [6, 6.07) is 5.73. The molecule has 0 aromatic carbocycles. The van der Waals surface area contributed by atoms with Crippen molar-refractivity contribution in [2.45, 2.75) is 22.4 Å². The Labute approximate surface area is 141 Å². The molecule has 0 spiro atoms. The molecule has 0 saturated heterocycles. The maximum atomic E-state index is 9.11. The highest BCUT2D eigenvalue weighted by atomic mass is 32.2. The molecule has 0 aliphatic rings. The molecule has 0 fully saturated rings. The third-order valence-corrected chi connectivity index (χ3v) is 4.83. The zero-order valence-electron chi connectivity index (χ0n) is 12.5. The molecule has 3 aromatic rings.